The highest BCUT2D eigenvalue weighted by Crippen LogP contribution is 2.20. The Balaban J connectivity index is 2.11. The SMILES string of the molecule is CN(C)CCNC(CO)c1ccc2ccccc2c1. The van der Waals surface area contributed by atoms with Crippen LogP contribution >= 0.6 is 0 Å². The number of aliphatic hydroxyl groups excluding tert-OH is 1. The summed E-state index contributed by atoms with van der Waals surface area (Å²) in [6.45, 7) is 1.95. The van der Waals surface area contributed by atoms with Crippen LogP contribution in [-0.2, 0) is 0 Å². The van der Waals surface area contributed by atoms with E-state index in [1.807, 2.05) is 26.2 Å². The molecule has 1 atom stereocenters. The van der Waals surface area contributed by atoms with Crippen molar-refractivity contribution in [2.75, 3.05) is 33.8 Å². The third-order valence-electron chi connectivity index (χ3n) is 3.31. The Hall–Kier alpha value is -1.42. The third kappa shape index (κ3) is 3.77. The van der Waals surface area contributed by atoms with Crippen molar-refractivity contribution in [1.29, 1.82) is 0 Å². The van der Waals surface area contributed by atoms with Crippen LogP contribution in [-0.4, -0.2) is 43.8 Å². The van der Waals surface area contributed by atoms with Gasteiger partial charge in [-0.05, 0) is 36.5 Å². The number of hydrogen-bond acceptors (Lipinski definition) is 3. The summed E-state index contributed by atoms with van der Waals surface area (Å²) in [6.07, 6.45) is 0. The fourth-order valence-corrected chi connectivity index (χ4v) is 2.17. The van der Waals surface area contributed by atoms with E-state index in [4.69, 9.17) is 0 Å². The first-order valence-electron chi connectivity index (χ1n) is 6.68. The molecule has 0 aromatic heterocycles. The quantitative estimate of drug-likeness (QED) is 0.832. The molecule has 0 aliphatic carbocycles. The number of aliphatic hydroxyl groups is 1. The lowest BCUT2D eigenvalue weighted by Crippen LogP contribution is -2.31. The topological polar surface area (TPSA) is 35.5 Å². The summed E-state index contributed by atoms with van der Waals surface area (Å²) in [5.74, 6) is 0. The lowest BCUT2D eigenvalue weighted by Gasteiger charge is -2.19. The van der Waals surface area contributed by atoms with E-state index < -0.39 is 0 Å². The van der Waals surface area contributed by atoms with Crippen LogP contribution in [0.5, 0.6) is 0 Å². The predicted molar refractivity (Wildman–Crippen MR) is 80.3 cm³/mol. The van der Waals surface area contributed by atoms with Crippen LogP contribution in [0, 0.1) is 0 Å². The van der Waals surface area contributed by atoms with Crippen molar-refractivity contribution in [3.8, 4) is 0 Å². The number of benzene rings is 2. The minimum absolute atomic E-state index is 0.00422. The van der Waals surface area contributed by atoms with E-state index in [-0.39, 0.29) is 12.6 Å². The van der Waals surface area contributed by atoms with Gasteiger partial charge < -0.3 is 15.3 Å². The van der Waals surface area contributed by atoms with Gasteiger partial charge in [-0.15, -0.1) is 0 Å². The molecule has 19 heavy (non-hydrogen) atoms. The van der Waals surface area contributed by atoms with Gasteiger partial charge in [0.2, 0.25) is 0 Å². The molecular formula is C16H22N2O. The van der Waals surface area contributed by atoms with Crippen LogP contribution in [0.1, 0.15) is 11.6 Å². The molecule has 2 N–H and O–H groups in total. The van der Waals surface area contributed by atoms with E-state index in [0.717, 1.165) is 18.7 Å². The molecule has 1 unspecified atom stereocenters. The fraction of sp³-hybridized carbons (Fsp3) is 0.375. The van der Waals surface area contributed by atoms with E-state index in [2.05, 4.69) is 40.5 Å². The monoisotopic (exact) mass is 258 g/mol. The molecule has 2 rings (SSSR count). The van der Waals surface area contributed by atoms with Crippen LogP contribution in [0.15, 0.2) is 42.5 Å². The van der Waals surface area contributed by atoms with Gasteiger partial charge in [0, 0.05) is 13.1 Å². The Labute approximate surface area is 114 Å². The molecule has 0 heterocycles. The van der Waals surface area contributed by atoms with Crippen LogP contribution in [0.3, 0.4) is 0 Å². The maximum Gasteiger partial charge on any atom is 0.0626 e. The Morgan fingerprint density at radius 3 is 2.53 bits per heavy atom. The number of nitrogens with zero attached hydrogens (tertiary/aromatic N) is 1. The Kier molecular flexibility index (Phi) is 4.91. The second kappa shape index (κ2) is 6.66. The molecule has 2 aromatic carbocycles. The molecule has 3 heteroatoms. The van der Waals surface area contributed by atoms with Crippen LogP contribution in [0.2, 0.25) is 0 Å². The van der Waals surface area contributed by atoms with E-state index in [1.165, 1.54) is 10.8 Å². The van der Waals surface area contributed by atoms with Gasteiger partial charge in [0.1, 0.15) is 0 Å². The molecule has 3 nitrogen and oxygen atoms in total. The van der Waals surface area contributed by atoms with Gasteiger partial charge in [0.25, 0.3) is 0 Å². The van der Waals surface area contributed by atoms with Gasteiger partial charge in [-0.3, -0.25) is 0 Å². The number of likely N-dealkylation sites (N-methyl/N-ethyl adjacent to an activating group) is 1. The lowest BCUT2D eigenvalue weighted by atomic mass is 10.0. The number of nitrogens with one attached hydrogen (secondary N) is 1. The van der Waals surface area contributed by atoms with E-state index in [0.29, 0.717) is 0 Å². The average molecular weight is 258 g/mol. The van der Waals surface area contributed by atoms with Gasteiger partial charge in [0.15, 0.2) is 0 Å². The van der Waals surface area contributed by atoms with Crippen LogP contribution < -0.4 is 5.32 Å². The zero-order valence-corrected chi connectivity index (χ0v) is 11.6. The lowest BCUT2D eigenvalue weighted by molar-refractivity contribution is 0.240. The molecule has 0 aliphatic heterocycles. The predicted octanol–water partition coefficient (Wildman–Crippen LogP) is 2.02. The molecule has 2 aromatic rings. The summed E-state index contributed by atoms with van der Waals surface area (Å²) in [4.78, 5) is 2.13. The smallest absolute Gasteiger partial charge is 0.0626 e. The van der Waals surface area contributed by atoms with Gasteiger partial charge in [-0.1, -0.05) is 36.4 Å². The van der Waals surface area contributed by atoms with Crippen LogP contribution in [0.4, 0.5) is 0 Å². The van der Waals surface area contributed by atoms with Gasteiger partial charge in [0.05, 0.1) is 12.6 Å². The fourth-order valence-electron chi connectivity index (χ4n) is 2.17. The van der Waals surface area contributed by atoms with Gasteiger partial charge >= 0.3 is 0 Å². The highest BCUT2D eigenvalue weighted by Gasteiger charge is 2.09. The molecule has 0 bridgehead atoms. The minimum atomic E-state index is 0.00422. The maximum atomic E-state index is 9.54. The van der Waals surface area contributed by atoms with Crippen molar-refractivity contribution in [3.63, 3.8) is 0 Å². The van der Waals surface area contributed by atoms with Crippen molar-refractivity contribution in [1.82, 2.24) is 10.2 Å². The Morgan fingerprint density at radius 1 is 1.11 bits per heavy atom. The summed E-state index contributed by atoms with van der Waals surface area (Å²) in [6, 6.07) is 14.6. The van der Waals surface area contributed by atoms with E-state index in [9.17, 15) is 5.11 Å². The van der Waals surface area contributed by atoms with Crippen LogP contribution in [0.25, 0.3) is 10.8 Å². The molecule has 0 saturated carbocycles. The third-order valence-corrected chi connectivity index (χ3v) is 3.31. The molecule has 0 spiro atoms. The van der Waals surface area contributed by atoms with Crippen molar-refractivity contribution in [2.45, 2.75) is 6.04 Å². The molecule has 0 radical (unpaired) electrons. The summed E-state index contributed by atoms with van der Waals surface area (Å²) in [7, 11) is 4.09. The normalized spacial score (nSPS) is 13.1. The zero-order valence-electron chi connectivity index (χ0n) is 11.6. The van der Waals surface area contributed by atoms with Crippen molar-refractivity contribution in [3.05, 3.63) is 48.0 Å². The van der Waals surface area contributed by atoms with Crippen molar-refractivity contribution < 1.29 is 5.11 Å². The number of hydrogen-bond donors (Lipinski definition) is 2. The first-order chi connectivity index (χ1) is 9.20. The average Bonchev–Trinajstić information content (AvgIpc) is 2.43. The highest BCUT2D eigenvalue weighted by molar-refractivity contribution is 5.83. The zero-order chi connectivity index (χ0) is 13.7. The Bertz CT molecular complexity index is 525. The second-order valence-corrected chi connectivity index (χ2v) is 5.10. The number of rotatable bonds is 6. The standard InChI is InChI=1S/C16H22N2O/c1-18(2)10-9-17-16(12-19)15-8-7-13-5-3-4-6-14(13)11-15/h3-8,11,16-17,19H,9-10,12H2,1-2H3. The Morgan fingerprint density at radius 2 is 1.84 bits per heavy atom. The van der Waals surface area contributed by atoms with Crippen molar-refractivity contribution >= 4 is 10.8 Å². The summed E-state index contributed by atoms with van der Waals surface area (Å²) in [5.41, 5.74) is 1.14. The first-order valence-corrected chi connectivity index (χ1v) is 6.68. The first kappa shape index (κ1) is 14.0. The number of fused-ring (bicyclic) bond motifs is 1. The van der Waals surface area contributed by atoms with Gasteiger partial charge in [-0.25, -0.2) is 0 Å². The van der Waals surface area contributed by atoms with E-state index >= 15 is 0 Å². The highest BCUT2D eigenvalue weighted by atomic mass is 16.3. The second-order valence-electron chi connectivity index (χ2n) is 5.10. The van der Waals surface area contributed by atoms with Crippen molar-refractivity contribution in [2.24, 2.45) is 0 Å². The molecule has 102 valence electrons. The maximum absolute atomic E-state index is 9.54. The van der Waals surface area contributed by atoms with Gasteiger partial charge in [-0.2, -0.15) is 0 Å². The summed E-state index contributed by atoms with van der Waals surface area (Å²) >= 11 is 0. The molecule has 0 saturated heterocycles. The van der Waals surface area contributed by atoms with E-state index in [1.54, 1.807) is 0 Å². The molecule has 0 fully saturated rings. The molecule has 0 aliphatic rings. The molecular weight excluding hydrogens is 236 g/mol. The summed E-state index contributed by atoms with van der Waals surface area (Å²) in [5, 5.41) is 15.4. The summed E-state index contributed by atoms with van der Waals surface area (Å²) < 4.78 is 0. The largest absolute Gasteiger partial charge is 0.394 e. The molecule has 0 amide bonds. The minimum Gasteiger partial charge on any atom is -0.394 e.